The van der Waals surface area contributed by atoms with E-state index in [1.807, 2.05) is 11.6 Å². The second-order valence-corrected chi connectivity index (χ2v) is 11.3. The molecule has 5 nitrogen and oxygen atoms in total. The number of piperidine rings is 1. The van der Waals surface area contributed by atoms with Crippen LogP contribution in [0.2, 0.25) is 15.1 Å². The van der Waals surface area contributed by atoms with Gasteiger partial charge >= 0.3 is 6.18 Å². The highest BCUT2D eigenvalue weighted by molar-refractivity contribution is 6.36. The lowest BCUT2D eigenvalue weighted by Crippen LogP contribution is -2.41. The fourth-order valence-corrected chi connectivity index (χ4v) is 5.95. The number of hydrogen-bond acceptors (Lipinski definition) is 3. The molecular weight excluding hydrogens is 603 g/mol. The van der Waals surface area contributed by atoms with Crippen molar-refractivity contribution >= 4 is 57.4 Å². The van der Waals surface area contributed by atoms with Crippen LogP contribution in [-0.4, -0.2) is 34.7 Å². The maximum Gasteiger partial charge on any atom is 0.393 e. The lowest BCUT2D eigenvalue weighted by atomic mass is 9.97. The van der Waals surface area contributed by atoms with Gasteiger partial charge in [-0.15, -0.1) is 0 Å². The first kappa shape index (κ1) is 29.5. The third-order valence-corrected chi connectivity index (χ3v) is 8.54. The minimum atomic E-state index is -4.26. The molecule has 1 aromatic heterocycles. The molecule has 1 atom stereocenters. The molecule has 5 rings (SSSR count). The smallest absolute Gasteiger partial charge is 0.370 e. The first-order valence-corrected chi connectivity index (χ1v) is 14.0. The second kappa shape index (κ2) is 11.7. The molecule has 1 aliphatic rings. The zero-order valence-corrected chi connectivity index (χ0v) is 24.1. The number of rotatable bonds is 6. The molecule has 1 amide bonds. The summed E-state index contributed by atoms with van der Waals surface area (Å²) in [5.74, 6) is -1.59. The van der Waals surface area contributed by atoms with Crippen molar-refractivity contribution in [2.45, 2.75) is 32.0 Å². The van der Waals surface area contributed by atoms with Crippen molar-refractivity contribution in [1.82, 2.24) is 14.9 Å². The molecular formula is C29H25Cl3F4N4O. The fraction of sp³-hybridized carbons (Fsp3) is 0.310. The summed E-state index contributed by atoms with van der Waals surface area (Å²) in [7, 11) is 1.81. The fourth-order valence-electron chi connectivity index (χ4n) is 5.10. The SMILES string of the molecule is Cn1c(Cc2c(Cl)ccc(CNC(=O)c3ccc(F)cc3)c2Cl)nc2cc(Cl)c(N3CCCC(C(F)(F)F)C3)cc21. The van der Waals surface area contributed by atoms with Crippen LogP contribution in [0.1, 0.15) is 40.2 Å². The van der Waals surface area contributed by atoms with Crippen molar-refractivity contribution in [2.75, 3.05) is 18.0 Å². The summed E-state index contributed by atoms with van der Waals surface area (Å²) in [6.45, 7) is 0.461. The van der Waals surface area contributed by atoms with Gasteiger partial charge in [-0.2, -0.15) is 13.2 Å². The standard InChI is InChI=1S/C29H25Cl3F4N4O/c1-39-25-13-24(40-10-2-3-18(15-40)29(34,35)36)22(31)12-23(25)38-26(39)11-20-21(30)9-6-17(27(20)32)14-37-28(41)16-4-7-19(33)8-5-16/h4-9,12-13,18H,2-3,10-11,14-15H2,1H3,(H,37,41). The molecule has 216 valence electrons. The normalized spacial score (nSPS) is 15.9. The van der Waals surface area contributed by atoms with Gasteiger partial charge in [0.25, 0.3) is 5.91 Å². The topological polar surface area (TPSA) is 50.2 Å². The van der Waals surface area contributed by atoms with Crippen LogP contribution in [0, 0.1) is 11.7 Å². The van der Waals surface area contributed by atoms with E-state index in [-0.39, 0.29) is 31.8 Å². The number of benzene rings is 3. The number of hydrogen-bond donors (Lipinski definition) is 1. The molecule has 41 heavy (non-hydrogen) atoms. The van der Waals surface area contributed by atoms with Crippen molar-refractivity contribution in [1.29, 1.82) is 0 Å². The van der Waals surface area contributed by atoms with E-state index in [9.17, 15) is 22.4 Å². The minimum absolute atomic E-state index is 0.103. The van der Waals surface area contributed by atoms with Gasteiger partial charge in [0.15, 0.2) is 0 Å². The molecule has 0 spiro atoms. The number of alkyl halides is 3. The highest BCUT2D eigenvalue weighted by atomic mass is 35.5. The number of fused-ring (bicyclic) bond motifs is 1. The van der Waals surface area contributed by atoms with Crippen LogP contribution < -0.4 is 10.2 Å². The van der Waals surface area contributed by atoms with Crippen LogP contribution in [0.15, 0.2) is 48.5 Å². The van der Waals surface area contributed by atoms with Gasteiger partial charge in [0.2, 0.25) is 0 Å². The zero-order valence-electron chi connectivity index (χ0n) is 21.8. The molecule has 1 unspecified atom stereocenters. The van der Waals surface area contributed by atoms with E-state index < -0.39 is 17.9 Å². The number of carbonyl (C=O) groups excluding carboxylic acids is 1. The monoisotopic (exact) mass is 626 g/mol. The van der Waals surface area contributed by atoms with Crippen molar-refractivity contribution < 1.29 is 22.4 Å². The Morgan fingerprint density at radius 2 is 1.80 bits per heavy atom. The predicted molar refractivity (Wildman–Crippen MR) is 154 cm³/mol. The summed E-state index contributed by atoms with van der Waals surface area (Å²) in [6, 6.07) is 12.0. The molecule has 3 aromatic carbocycles. The van der Waals surface area contributed by atoms with Gasteiger partial charge in [-0.3, -0.25) is 4.79 Å². The number of carbonyl (C=O) groups is 1. The maximum atomic E-state index is 13.4. The quantitative estimate of drug-likeness (QED) is 0.221. The number of amides is 1. The van der Waals surface area contributed by atoms with E-state index in [0.717, 1.165) is 0 Å². The van der Waals surface area contributed by atoms with Gasteiger partial charge in [-0.05, 0) is 66.4 Å². The van der Waals surface area contributed by atoms with Crippen molar-refractivity contribution in [3.63, 3.8) is 0 Å². The van der Waals surface area contributed by atoms with Crippen LogP contribution in [0.5, 0.6) is 0 Å². The van der Waals surface area contributed by atoms with Crippen molar-refractivity contribution in [3.05, 3.63) is 91.9 Å². The van der Waals surface area contributed by atoms with Crippen LogP contribution in [-0.2, 0) is 20.0 Å². The second-order valence-electron chi connectivity index (χ2n) is 10.1. The Morgan fingerprint density at radius 3 is 2.51 bits per heavy atom. The van der Waals surface area contributed by atoms with Crippen molar-refractivity contribution in [3.8, 4) is 0 Å². The molecule has 1 N–H and O–H groups in total. The lowest BCUT2D eigenvalue weighted by Gasteiger charge is -2.35. The van der Waals surface area contributed by atoms with Gasteiger partial charge in [0.05, 0.1) is 32.7 Å². The Hall–Kier alpha value is -3.01. The zero-order chi connectivity index (χ0) is 29.5. The highest BCUT2D eigenvalue weighted by Crippen LogP contribution is 2.39. The van der Waals surface area contributed by atoms with Crippen molar-refractivity contribution in [2.24, 2.45) is 13.0 Å². The Balaban J connectivity index is 1.38. The molecule has 1 saturated heterocycles. The summed E-state index contributed by atoms with van der Waals surface area (Å²) < 4.78 is 55.2. The third-order valence-electron chi connectivity index (χ3n) is 7.41. The number of aryl methyl sites for hydroxylation is 1. The minimum Gasteiger partial charge on any atom is -0.370 e. The number of aromatic nitrogens is 2. The number of anilines is 1. The molecule has 0 bridgehead atoms. The Kier molecular flexibility index (Phi) is 8.41. The molecule has 2 heterocycles. The van der Waals surface area contributed by atoms with E-state index in [1.54, 1.807) is 29.2 Å². The summed E-state index contributed by atoms with van der Waals surface area (Å²) in [5, 5.41) is 3.90. The van der Waals surface area contributed by atoms with Crippen LogP contribution in [0.3, 0.4) is 0 Å². The van der Waals surface area contributed by atoms with E-state index in [4.69, 9.17) is 39.8 Å². The van der Waals surface area contributed by atoms with Crippen LogP contribution >= 0.6 is 34.8 Å². The van der Waals surface area contributed by atoms with Gasteiger partial charge < -0.3 is 14.8 Å². The van der Waals surface area contributed by atoms with Gasteiger partial charge in [-0.1, -0.05) is 40.9 Å². The first-order valence-electron chi connectivity index (χ1n) is 12.9. The molecule has 0 saturated carbocycles. The number of nitrogens with zero attached hydrogens (tertiary/aromatic N) is 3. The summed E-state index contributed by atoms with van der Waals surface area (Å²) in [5.41, 5.74) is 3.40. The Labute approximate surface area is 249 Å². The van der Waals surface area contributed by atoms with E-state index in [0.29, 0.717) is 67.3 Å². The predicted octanol–water partition coefficient (Wildman–Crippen LogP) is 7.97. The van der Waals surface area contributed by atoms with Crippen LogP contribution in [0.25, 0.3) is 11.0 Å². The summed E-state index contributed by atoms with van der Waals surface area (Å²) in [4.78, 5) is 18.9. The Bertz CT molecular complexity index is 1600. The Morgan fingerprint density at radius 1 is 1.07 bits per heavy atom. The highest BCUT2D eigenvalue weighted by Gasteiger charge is 2.42. The number of halogens is 7. The first-order chi connectivity index (χ1) is 19.4. The molecule has 1 aliphatic heterocycles. The number of nitrogens with one attached hydrogen (secondary N) is 1. The molecule has 1 fully saturated rings. The average Bonchev–Trinajstić information content (AvgIpc) is 3.23. The molecule has 0 radical (unpaired) electrons. The number of imidazole rings is 1. The summed E-state index contributed by atoms with van der Waals surface area (Å²) >= 11 is 19.8. The van der Waals surface area contributed by atoms with Crippen LogP contribution in [0.4, 0.5) is 23.2 Å². The van der Waals surface area contributed by atoms with E-state index in [2.05, 4.69) is 5.32 Å². The van der Waals surface area contributed by atoms with Gasteiger partial charge in [0.1, 0.15) is 11.6 Å². The molecule has 4 aromatic rings. The lowest BCUT2D eigenvalue weighted by molar-refractivity contribution is -0.175. The average molecular weight is 628 g/mol. The third kappa shape index (κ3) is 6.27. The maximum absolute atomic E-state index is 13.4. The van der Waals surface area contributed by atoms with E-state index in [1.165, 1.54) is 24.3 Å². The largest absolute Gasteiger partial charge is 0.393 e. The van der Waals surface area contributed by atoms with Gasteiger partial charge in [0, 0.05) is 43.7 Å². The summed E-state index contributed by atoms with van der Waals surface area (Å²) in [6.07, 6.45) is -3.47. The van der Waals surface area contributed by atoms with E-state index >= 15 is 0 Å². The molecule has 12 heteroatoms. The van der Waals surface area contributed by atoms with Gasteiger partial charge in [-0.25, -0.2) is 9.37 Å². The molecule has 0 aliphatic carbocycles.